The van der Waals surface area contributed by atoms with Crippen molar-refractivity contribution >= 4 is 46.1 Å². The Morgan fingerprint density at radius 3 is 2.51 bits per heavy atom. The third kappa shape index (κ3) is 4.77. The summed E-state index contributed by atoms with van der Waals surface area (Å²) in [6, 6.07) is 7.65. The number of halogens is 6. The van der Waals surface area contributed by atoms with Crippen LogP contribution in [0.2, 0.25) is 5.15 Å². The lowest BCUT2D eigenvalue weighted by Gasteiger charge is -2.33. The molecule has 1 aliphatic rings. The molecule has 5 rings (SSSR count). The number of aromatic nitrogens is 4. The summed E-state index contributed by atoms with van der Waals surface area (Å²) in [5.74, 6) is -2.74. The smallest absolute Gasteiger partial charge is 0.377 e. The molecule has 37 heavy (non-hydrogen) atoms. The number of alkyl halides is 5. The van der Waals surface area contributed by atoms with E-state index in [1.807, 2.05) is 0 Å². The van der Waals surface area contributed by atoms with Crippen LogP contribution in [-0.2, 0) is 6.18 Å². The number of hydrogen-bond donors (Lipinski definition) is 1. The van der Waals surface area contributed by atoms with Gasteiger partial charge in [-0.05, 0) is 25.1 Å². The first-order chi connectivity index (χ1) is 17.5. The molecule has 0 bridgehead atoms. The Labute approximate surface area is 212 Å². The summed E-state index contributed by atoms with van der Waals surface area (Å²) < 4.78 is 69.6. The predicted molar refractivity (Wildman–Crippen MR) is 129 cm³/mol. The van der Waals surface area contributed by atoms with Gasteiger partial charge in [-0.3, -0.25) is 9.20 Å². The first-order valence-electron chi connectivity index (χ1n) is 11.4. The third-order valence-electron chi connectivity index (χ3n) is 6.35. The van der Waals surface area contributed by atoms with Gasteiger partial charge < -0.3 is 10.2 Å². The molecule has 0 radical (unpaired) electrons. The molecule has 0 amide bonds. The van der Waals surface area contributed by atoms with Crippen LogP contribution >= 0.6 is 11.6 Å². The van der Waals surface area contributed by atoms with E-state index in [1.54, 1.807) is 36.1 Å². The largest absolute Gasteiger partial charge is 0.434 e. The fourth-order valence-corrected chi connectivity index (χ4v) is 4.61. The SMILES string of the molecule is CC(Nc1ccc(Cl)nc1C=O)c1cccc2c1nc(N1CCC(F)(F)CC1)n1cc(C(F)(F)F)nc21. The molecule has 0 spiro atoms. The summed E-state index contributed by atoms with van der Waals surface area (Å²) in [6.45, 7) is 1.64. The average molecular weight is 539 g/mol. The molecule has 1 aliphatic heterocycles. The van der Waals surface area contributed by atoms with Gasteiger partial charge in [0, 0.05) is 43.1 Å². The maximum Gasteiger partial charge on any atom is 0.434 e. The van der Waals surface area contributed by atoms with Crippen LogP contribution < -0.4 is 10.2 Å². The van der Waals surface area contributed by atoms with Gasteiger partial charge in [-0.1, -0.05) is 23.7 Å². The number of nitrogens with zero attached hydrogens (tertiary/aromatic N) is 5. The highest BCUT2D eigenvalue weighted by atomic mass is 35.5. The second-order valence-corrected chi connectivity index (χ2v) is 9.25. The first kappa shape index (κ1) is 25.1. The average Bonchev–Trinajstić information content (AvgIpc) is 3.31. The van der Waals surface area contributed by atoms with Gasteiger partial charge in [0.25, 0.3) is 5.92 Å². The zero-order valence-corrected chi connectivity index (χ0v) is 20.1. The van der Waals surface area contributed by atoms with Crippen molar-refractivity contribution in [3.05, 3.63) is 58.6 Å². The number of carbonyl (C=O) groups excluding carboxylic acids is 1. The number of carbonyl (C=O) groups is 1. The number of rotatable bonds is 5. The zero-order valence-electron chi connectivity index (χ0n) is 19.4. The number of fused-ring (bicyclic) bond motifs is 3. The minimum Gasteiger partial charge on any atom is -0.377 e. The minimum absolute atomic E-state index is 0.0143. The van der Waals surface area contributed by atoms with E-state index < -0.39 is 36.7 Å². The molecular formula is C24H20ClF5N6O. The van der Waals surface area contributed by atoms with E-state index in [4.69, 9.17) is 11.6 Å². The van der Waals surface area contributed by atoms with Gasteiger partial charge in [0.15, 0.2) is 12.0 Å². The Balaban J connectivity index is 1.66. The molecule has 1 saturated heterocycles. The highest BCUT2D eigenvalue weighted by Crippen LogP contribution is 2.36. The van der Waals surface area contributed by atoms with Crippen LogP contribution in [0.1, 0.15) is 47.6 Å². The Kier molecular flexibility index (Phi) is 6.17. The van der Waals surface area contributed by atoms with E-state index in [9.17, 15) is 26.7 Å². The van der Waals surface area contributed by atoms with Crippen molar-refractivity contribution in [2.75, 3.05) is 23.3 Å². The number of piperidine rings is 1. The number of nitrogens with one attached hydrogen (secondary N) is 1. The molecule has 1 N–H and O–H groups in total. The number of aldehydes is 1. The number of imidazole rings is 1. The maximum atomic E-state index is 13.8. The topological polar surface area (TPSA) is 75.4 Å². The van der Waals surface area contributed by atoms with Gasteiger partial charge in [-0.15, -0.1) is 0 Å². The Morgan fingerprint density at radius 1 is 1.11 bits per heavy atom. The number of hydrogen-bond acceptors (Lipinski definition) is 6. The highest BCUT2D eigenvalue weighted by Gasteiger charge is 2.37. The number of benzene rings is 1. The van der Waals surface area contributed by atoms with E-state index in [2.05, 4.69) is 20.3 Å². The number of pyridine rings is 1. The Hall–Kier alpha value is -3.54. The zero-order chi connectivity index (χ0) is 26.5. The summed E-state index contributed by atoms with van der Waals surface area (Å²) in [5.41, 5.74) is 0.366. The number of para-hydroxylation sites is 1. The first-order valence-corrected chi connectivity index (χ1v) is 11.7. The van der Waals surface area contributed by atoms with Gasteiger partial charge in [-0.2, -0.15) is 13.2 Å². The molecule has 4 heterocycles. The molecule has 1 atom stereocenters. The molecule has 1 unspecified atom stereocenters. The normalized spacial score (nSPS) is 16.8. The van der Waals surface area contributed by atoms with E-state index >= 15 is 0 Å². The Morgan fingerprint density at radius 2 is 1.84 bits per heavy atom. The predicted octanol–water partition coefficient (Wildman–Crippen LogP) is 6.17. The van der Waals surface area contributed by atoms with Crippen LogP contribution in [0.3, 0.4) is 0 Å². The van der Waals surface area contributed by atoms with E-state index in [0.717, 1.165) is 6.20 Å². The fraction of sp³-hybridized carbons (Fsp3) is 0.333. The van der Waals surface area contributed by atoms with E-state index in [0.29, 0.717) is 28.4 Å². The summed E-state index contributed by atoms with van der Waals surface area (Å²) in [4.78, 5) is 25.5. The summed E-state index contributed by atoms with van der Waals surface area (Å²) >= 11 is 5.88. The quantitative estimate of drug-likeness (QED) is 0.186. The van der Waals surface area contributed by atoms with Crippen molar-refractivity contribution < 1.29 is 26.7 Å². The molecule has 1 fully saturated rings. The highest BCUT2D eigenvalue weighted by molar-refractivity contribution is 6.29. The lowest BCUT2D eigenvalue weighted by Crippen LogP contribution is -2.40. The van der Waals surface area contributed by atoms with Crippen LogP contribution in [0.15, 0.2) is 36.5 Å². The summed E-state index contributed by atoms with van der Waals surface area (Å²) in [6.07, 6.45) is -4.18. The van der Waals surface area contributed by atoms with Crippen LogP contribution in [0, 0.1) is 0 Å². The molecule has 3 aromatic heterocycles. The van der Waals surface area contributed by atoms with Gasteiger partial charge in [-0.25, -0.2) is 23.7 Å². The summed E-state index contributed by atoms with van der Waals surface area (Å²) in [7, 11) is 0. The maximum absolute atomic E-state index is 13.8. The van der Waals surface area contributed by atoms with Crippen molar-refractivity contribution in [1.29, 1.82) is 0 Å². The molecule has 1 aromatic carbocycles. The second-order valence-electron chi connectivity index (χ2n) is 8.87. The van der Waals surface area contributed by atoms with Crippen molar-refractivity contribution in [3.63, 3.8) is 0 Å². The molecule has 13 heteroatoms. The van der Waals surface area contributed by atoms with Crippen LogP contribution in [0.25, 0.3) is 16.6 Å². The minimum atomic E-state index is -4.70. The molecule has 4 aromatic rings. The van der Waals surface area contributed by atoms with Crippen molar-refractivity contribution in [2.45, 2.75) is 37.9 Å². The Bertz CT molecular complexity index is 1490. The van der Waals surface area contributed by atoms with E-state index in [-0.39, 0.29) is 35.5 Å². The van der Waals surface area contributed by atoms with Gasteiger partial charge in [0.1, 0.15) is 16.5 Å². The lowest BCUT2D eigenvalue weighted by molar-refractivity contribution is -0.140. The molecule has 0 saturated carbocycles. The number of anilines is 2. The summed E-state index contributed by atoms with van der Waals surface area (Å²) in [5, 5.41) is 3.68. The van der Waals surface area contributed by atoms with E-state index in [1.165, 1.54) is 10.5 Å². The standard InChI is InChI=1S/C24H20ClF5N6O/c1-13(31-16-5-6-19(25)32-17(16)12-37)14-3-2-4-15-20(14)34-22(35-9-7-23(26,27)8-10-35)36-11-18(24(28,29)30)33-21(15)36/h2-6,11-13,31H,7-10H2,1H3. The molecule has 0 aliphatic carbocycles. The van der Waals surface area contributed by atoms with Crippen LogP contribution in [-0.4, -0.2) is 44.7 Å². The van der Waals surface area contributed by atoms with Crippen molar-refractivity contribution in [1.82, 2.24) is 19.4 Å². The lowest BCUT2D eigenvalue weighted by atomic mass is 10.0. The molecule has 194 valence electrons. The van der Waals surface area contributed by atoms with Gasteiger partial charge >= 0.3 is 6.18 Å². The molecular weight excluding hydrogens is 519 g/mol. The van der Waals surface area contributed by atoms with Gasteiger partial charge in [0.05, 0.1) is 17.2 Å². The second kappa shape index (κ2) is 9.09. The molecule has 7 nitrogen and oxygen atoms in total. The third-order valence-corrected chi connectivity index (χ3v) is 6.56. The fourth-order valence-electron chi connectivity index (χ4n) is 4.46. The van der Waals surface area contributed by atoms with Gasteiger partial charge in [0.2, 0.25) is 5.95 Å². The monoisotopic (exact) mass is 538 g/mol. The van der Waals surface area contributed by atoms with Crippen molar-refractivity contribution in [3.8, 4) is 0 Å². The van der Waals surface area contributed by atoms with Crippen LogP contribution in [0.4, 0.5) is 33.6 Å². The van der Waals surface area contributed by atoms with Crippen molar-refractivity contribution in [2.24, 2.45) is 0 Å². The van der Waals surface area contributed by atoms with Crippen LogP contribution in [0.5, 0.6) is 0 Å².